The number of aromatic hydroxyl groups is 2. The highest BCUT2D eigenvalue weighted by Crippen LogP contribution is 2.50. The van der Waals surface area contributed by atoms with Crippen molar-refractivity contribution in [2.45, 2.75) is 230 Å². The number of aromatic nitrogens is 1. The minimum atomic E-state index is -4.33. The van der Waals surface area contributed by atoms with Gasteiger partial charge < -0.3 is 62.2 Å². The van der Waals surface area contributed by atoms with Gasteiger partial charge in [-0.3, -0.25) is 4.84 Å². The number of H-pyrrole nitrogens is 1. The lowest BCUT2D eigenvalue weighted by Gasteiger charge is -2.49. The molecule has 5 unspecified atom stereocenters. The van der Waals surface area contributed by atoms with Gasteiger partial charge in [0.2, 0.25) is 12.3 Å². The van der Waals surface area contributed by atoms with E-state index in [0.717, 1.165) is 160 Å². The number of morpholine rings is 1. The highest BCUT2D eigenvalue weighted by molar-refractivity contribution is 5.96. The van der Waals surface area contributed by atoms with Crippen molar-refractivity contribution in [2.24, 2.45) is 5.41 Å². The molecule has 3 saturated heterocycles. The molecule has 0 spiro atoms. The summed E-state index contributed by atoms with van der Waals surface area (Å²) in [6.07, 6.45) is 15.8. The van der Waals surface area contributed by atoms with Crippen molar-refractivity contribution in [3.05, 3.63) is 242 Å². The second-order valence-electron chi connectivity index (χ2n) is 42.7. The van der Waals surface area contributed by atoms with E-state index in [1.54, 1.807) is 55.3 Å². The van der Waals surface area contributed by atoms with E-state index < -0.39 is 40.3 Å². The number of aromatic amines is 1. The number of ether oxygens (including phenoxy) is 3. The SMILES string of the molecule is CC(C)[N+]1(C)CCOC(C)(c2cccc(C(F)(F)F)c2)C1.CC(C[N+](C)(C)C)(c1ccc(O)cc1)C1(O)CCCCC1.CC1(CCc2c[nH]c3ccccc23)CCNCC1.CCCC(C)(Cc1ccccc1)[N+]1(C)CCCC1.COCCCCC/C(c1ccc(C(F)(F)F)cc1)=[N+](/C)OCC[N+](C)(C)C.C[N+]#Cc1cc2c(cc1O)C(CCC[N+](C)(C)C)(c1ccc(F)cc1)OC2. The molecule has 23 heteroatoms. The van der Waals surface area contributed by atoms with Crippen LogP contribution in [-0.2, 0) is 67.5 Å². The van der Waals surface area contributed by atoms with E-state index in [2.05, 4.69) is 201 Å². The summed E-state index contributed by atoms with van der Waals surface area (Å²) in [4.78, 5) is 13.1. The number of aryl methyl sites for hydroxylation is 1. The molecule has 5 N–H and O–H groups in total. The summed E-state index contributed by atoms with van der Waals surface area (Å²) in [5.74, 6) is 0.135. The number of fused-ring (bicyclic) bond motifs is 2. The third-order valence-corrected chi connectivity index (χ3v) is 28.6. The van der Waals surface area contributed by atoms with Crippen molar-refractivity contribution in [3.8, 4) is 17.6 Å². The monoisotopic (exact) mass is 1840 g/mol. The van der Waals surface area contributed by atoms with Gasteiger partial charge in [0.1, 0.15) is 59.3 Å². The maximum absolute atomic E-state index is 13.5. The molecule has 132 heavy (non-hydrogen) atoms. The highest BCUT2D eigenvalue weighted by atomic mass is 19.4. The first-order chi connectivity index (χ1) is 61.9. The van der Waals surface area contributed by atoms with Crippen molar-refractivity contribution in [2.75, 3.05) is 177 Å². The number of methoxy groups -OCH3 is 1. The number of rotatable bonds is 30. The molecule has 4 aliphatic heterocycles. The molecule has 5 heterocycles. The number of para-hydroxylation sites is 1. The van der Waals surface area contributed by atoms with E-state index in [0.29, 0.717) is 61.1 Å². The molecule has 728 valence electrons. The van der Waals surface area contributed by atoms with Crippen molar-refractivity contribution >= 4 is 16.6 Å². The number of alkyl halides is 6. The molecule has 5 aliphatic rings. The molecule has 1 saturated carbocycles. The molecule has 5 atom stereocenters. The van der Waals surface area contributed by atoms with Crippen LogP contribution < -0.4 is 5.32 Å². The fraction of sp³-hybridized carbons (Fsp3) is 0.578. The minimum Gasteiger partial charge on any atom is -0.508 e. The number of hydrogen-bond donors (Lipinski definition) is 5. The van der Waals surface area contributed by atoms with Gasteiger partial charge in [0.25, 0.3) is 7.05 Å². The second-order valence-corrected chi connectivity index (χ2v) is 42.7. The lowest BCUT2D eigenvalue weighted by atomic mass is 9.62. The van der Waals surface area contributed by atoms with Crippen molar-refractivity contribution in [1.29, 1.82) is 0 Å². The lowest BCUT2D eigenvalue weighted by molar-refractivity contribution is -0.947. The Morgan fingerprint density at radius 1 is 0.652 bits per heavy atom. The van der Waals surface area contributed by atoms with E-state index in [1.165, 1.54) is 153 Å². The summed E-state index contributed by atoms with van der Waals surface area (Å²) in [6.45, 7) is 27.2. The first-order valence-electron chi connectivity index (χ1n) is 48.1. The lowest BCUT2D eigenvalue weighted by Crippen LogP contribution is -2.61. The topological polar surface area (TPSA) is 133 Å². The Labute approximate surface area is 786 Å². The molecular formula is C109H163F7N9O7+7. The molecule has 0 radical (unpaired) electrons. The first-order valence-corrected chi connectivity index (χ1v) is 48.1. The number of phenols is 2. The maximum atomic E-state index is 13.5. The summed E-state index contributed by atoms with van der Waals surface area (Å²) >= 11 is 0. The molecular weight excluding hydrogens is 1680 g/mol. The molecule has 13 rings (SSSR count). The van der Waals surface area contributed by atoms with Gasteiger partial charge in [-0.2, -0.15) is 26.3 Å². The molecule has 1 aliphatic carbocycles. The quantitative estimate of drug-likeness (QED) is 0.00751. The van der Waals surface area contributed by atoms with Crippen LogP contribution in [0.5, 0.6) is 11.5 Å². The number of unbranched alkanes of at least 4 members (excludes halogenated alkanes) is 2. The number of hydroxylamine groups is 1. The average molecular weight is 1840 g/mol. The number of hydrogen-bond acceptors (Lipinski definition) is 8. The Kier molecular flexibility index (Phi) is 39.2. The number of halogens is 7. The van der Waals surface area contributed by atoms with E-state index in [9.17, 15) is 46.1 Å². The van der Waals surface area contributed by atoms with Crippen LogP contribution in [0.3, 0.4) is 0 Å². The van der Waals surface area contributed by atoms with Crippen molar-refractivity contribution < 1.29 is 92.3 Å². The fourth-order valence-electron chi connectivity index (χ4n) is 20.0. The minimum absolute atomic E-state index is 0.128. The summed E-state index contributed by atoms with van der Waals surface area (Å²) in [5, 5.41) is 36.3. The number of likely N-dealkylation sites (N-methyl/N-ethyl adjacent to an activating group) is 4. The van der Waals surface area contributed by atoms with Gasteiger partial charge in [-0.1, -0.05) is 136 Å². The number of benzene rings is 7. The van der Waals surface area contributed by atoms with Crippen LogP contribution in [0.2, 0.25) is 0 Å². The van der Waals surface area contributed by atoms with Crippen LogP contribution >= 0.6 is 0 Å². The molecule has 8 aromatic rings. The maximum Gasteiger partial charge on any atom is 0.416 e. The number of likely N-dealkylation sites (tertiary alicyclic amines) is 1. The van der Waals surface area contributed by atoms with E-state index >= 15 is 0 Å². The number of nitrogens with one attached hydrogen (secondary N) is 2. The first kappa shape index (κ1) is 109. The molecule has 0 amide bonds. The third kappa shape index (κ3) is 31.1. The summed E-state index contributed by atoms with van der Waals surface area (Å²) < 4.78 is 114. The molecule has 16 nitrogen and oxygen atoms in total. The zero-order chi connectivity index (χ0) is 97.3. The van der Waals surface area contributed by atoms with Gasteiger partial charge >= 0.3 is 18.4 Å². The summed E-state index contributed by atoms with van der Waals surface area (Å²) in [6, 6.07) is 51.2. The predicted octanol–water partition coefficient (Wildman–Crippen LogP) is 22.5. The van der Waals surface area contributed by atoms with Crippen LogP contribution in [0.15, 0.2) is 170 Å². The number of piperidine rings is 1. The third-order valence-electron chi connectivity index (χ3n) is 28.6. The van der Waals surface area contributed by atoms with E-state index in [1.807, 2.05) is 32.2 Å². The van der Waals surface area contributed by atoms with Gasteiger partial charge in [-0.15, -0.1) is 0 Å². The Morgan fingerprint density at radius 2 is 1.27 bits per heavy atom. The molecule has 1 aromatic heterocycles. The summed E-state index contributed by atoms with van der Waals surface area (Å²) in [5.41, 5.74) is 8.37. The van der Waals surface area contributed by atoms with Crippen LogP contribution in [-0.4, -0.2) is 248 Å². The fourth-order valence-corrected chi connectivity index (χ4v) is 20.0. The van der Waals surface area contributed by atoms with Crippen LogP contribution in [0.4, 0.5) is 30.7 Å². The van der Waals surface area contributed by atoms with E-state index in [4.69, 9.17) is 19.0 Å². The molecule has 0 bridgehead atoms. The van der Waals surface area contributed by atoms with Gasteiger partial charge in [0.05, 0.1) is 145 Å². The van der Waals surface area contributed by atoms with Crippen molar-refractivity contribution in [1.82, 2.24) is 10.3 Å². The number of quaternary nitrogens is 5. The van der Waals surface area contributed by atoms with Crippen molar-refractivity contribution in [3.63, 3.8) is 0 Å². The largest absolute Gasteiger partial charge is 0.508 e. The number of phenolic OH excluding ortho intramolecular Hbond substituents is 2. The Balaban J connectivity index is 0.000000196. The highest BCUT2D eigenvalue weighted by Gasteiger charge is 2.52. The second kappa shape index (κ2) is 47.5. The van der Waals surface area contributed by atoms with Gasteiger partial charge in [0.15, 0.2) is 7.05 Å². The summed E-state index contributed by atoms with van der Waals surface area (Å²) in [7, 11) is 29.0. The van der Waals surface area contributed by atoms with Gasteiger partial charge in [-0.05, 0) is 240 Å². The van der Waals surface area contributed by atoms with Gasteiger partial charge in [0, 0.05) is 68.5 Å². The molecule has 4 fully saturated rings. The Bertz CT molecular complexity index is 4940. The Hall–Kier alpha value is -8.25. The zero-order valence-electron chi connectivity index (χ0n) is 83.8. The van der Waals surface area contributed by atoms with Crippen LogP contribution in [0.1, 0.15) is 225 Å². The molecule has 7 aromatic carbocycles. The average Bonchev–Trinajstić information content (AvgIpc) is 1.71. The zero-order valence-corrected chi connectivity index (χ0v) is 83.8. The Morgan fingerprint density at radius 3 is 1.86 bits per heavy atom. The standard InChI is InChI=1S/C22H26FN2O2.C20H33F3N2O2.C18H29NO2.C17H28N.C16H23F3NO.C16H22N2/c1-24-14-16-12-17-15-27-22(20(17)13-21(16)26,10-5-11-25(2,3)4)18-6-8-19(23)9-7-18;1-24(27-16-14-25(2,3)4)19(9-7-6-8-15-26-5)17-10-12-18(13-11-17)20(21,22)23;1-17(14-19(2,3)4,15-8-10-16(20)11-9-15)18(21)12-6-5-7-13-18;1-4-12-17(2,18(3)13-8-9-14-18)15-16-10-6-5-7-11-16;1-12(2)20(4)8-9-21-15(3,11-20)13-6-5-7-14(10-13)16(17,18)19;1-16(8-10-17-11-9-16)7-6-13-12-18-15-5-3-2-4-14(13)15/h6-9,12-13H,5,10-11,15H2,1-4H3;10-13H,6-9,14-16H2,1-5H3;8-11,21H,5-7,12-14H2,1-4H3;5-7,10-11H,4,8-9,12-15H2,1-3H3;5-7,10,12H,8-9,11H2,1-4H3;2-5,12,17-18H,6-11H2,1H3/q+1;+2;;2*+1;/p+2/b;24-19+;;;;. The predicted molar refractivity (Wildman–Crippen MR) is 523 cm³/mol. The number of nitrogens with zero attached hydrogens (tertiary/aromatic N) is 7. The van der Waals surface area contributed by atoms with E-state index in [-0.39, 0.29) is 22.7 Å². The number of aliphatic hydroxyl groups is 1. The van der Waals surface area contributed by atoms with Gasteiger partial charge in [-0.25, -0.2) is 4.39 Å². The van der Waals surface area contributed by atoms with Crippen LogP contribution in [0.25, 0.3) is 15.7 Å². The normalized spacial score (nSPS) is 20.5. The smallest absolute Gasteiger partial charge is 0.416 e. The van der Waals surface area contributed by atoms with Crippen LogP contribution in [0, 0.1) is 17.3 Å².